The van der Waals surface area contributed by atoms with E-state index < -0.39 is 5.60 Å². The zero-order valence-corrected chi connectivity index (χ0v) is 20.7. The van der Waals surface area contributed by atoms with Gasteiger partial charge in [-0.1, -0.05) is 42.5 Å². The minimum atomic E-state index is -0.541. The molecule has 4 rings (SSSR count). The third-order valence-electron chi connectivity index (χ3n) is 5.90. The fourth-order valence-electron chi connectivity index (χ4n) is 4.26. The Labute approximate surface area is 207 Å². The quantitative estimate of drug-likeness (QED) is 0.414. The monoisotopic (exact) mass is 472 g/mol. The van der Waals surface area contributed by atoms with E-state index in [0.717, 1.165) is 22.6 Å². The summed E-state index contributed by atoms with van der Waals surface area (Å²) in [7, 11) is 1.63. The number of esters is 1. The van der Waals surface area contributed by atoms with Crippen molar-refractivity contribution in [3.63, 3.8) is 0 Å². The minimum absolute atomic E-state index is 0.0191. The first-order chi connectivity index (χ1) is 16.7. The average molecular weight is 473 g/mol. The van der Waals surface area contributed by atoms with Crippen molar-refractivity contribution in [2.45, 2.75) is 45.4 Å². The Bertz CT molecular complexity index is 1150. The second kappa shape index (κ2) is 10.2. The van der Waals surface area contributed by atoms with Crippen LogP contribution in [0.5, 0.6) is 5.75 Å². The molecule has 35 heavy (non-hydrogen) atoms. The van der Waals surface area contributed by atoms with Gasteiger partial charge in [-0.2, -0.15) is 0 Å². The second-order valence-corrected chi connectivity index (χ2v) is 9.77. The van der Waals surface area contributed by atoms with Crippen LogP contribution >= 0.6 is 0 Å². The van der Waals surface area contributed by atoms with E-state index in [0.29, 0.717) is 25.1 Å². The number of urea groups is 1. The topological polar surface area (TPSA) is 59.1 Å². The summed E-state index contributed by atoms with van der Waals surface area (Å²) in [6.45, 7) is 6.72. The Kier molecular flexibility index (Phi) is 7.10. The van der Waals surface area contributed by atoms with Crippen LogP contribution in [0, 0.1) is 0 Å². The van der Waals surface area contributed by atoms with Gasteiger partial charge in [-0.05, 0) is 74.7 Å². The van der Waals surface area contributed by atoms with Crippen molar-refractivity contribution in [1.29, 1.82) is 0 Å². The number of methoxy groups -OCH3 is 1. The standard InChI is InChI=1S/C29H32N2O4/c1-29(2,3)35-27(32)23-12-10-21(11-13-23)18-25-20-30(19-22-8-6-5-7-9-22)28(33)31(25)24-14-16-26(34-4)17-15-24/h5-17,25H,18-20H2,1-4H3. The van der Waals surface area contributed by atoms with E-state index in [1.54, 1.807) is 19.2 Å². The van der Waals surface area contributed by atoms with E-state index in [1.807, 2.05) is 97.3 Å². The summed E-state index contributed by atoms with van der Waals surface area (Å²) >= 11 is 0. The van der Waals surface area contributed by atoms with Gasteiger partial charge in [0.25, 0.3) is 0 Å². The minimum Gasteiger partial charge on any atom is -0.497 e. The fraction of sp³-hybridized carbons (Fsp3) is 0.310. The molecule has 6 nitrogen and oxygen atoms in total. The number of ether oxygens (including phenoxy) is 2. The summed E-state index contributed by atoms with van der Waals surface area (Å²) in [5, 5.41) is 0. The molecule has 0 aromatic heterocycles. The maximum atomic E-state index is 13.5. The van der Waals surface area contributed by atoms with Crippen LogP contribution < -0.4 is 9.64 Å². The number of nitrogens with zero attached hydrogens (tertiary/aromatic N) is 2. The summed E-state index contributed by atoms with van der Waals surface area (Å²) in [6.07, 6.45) is 0.664. The SMILES string of the molecule is COc1ccc(N2C(=O)N(Cc3ccccc3)CC2Cc2ccc(C(=O)OC(C)(C)C)cc2)cc1. The highest BCUT2D eigenvalue weighted by Gasteiger charge is 2.38. The number of hydrogen-bond acceptors (Lipinski definition) is 4. The maximum Gasteiger partial charge on any atom is 0.338 e. The van der Waals surface area contributed by atoms with Gasteiger partial charge >= 0.3 is 12.0 Å². The van der Waals surface area contributed by atoms with Crippen molar-refractivity contribution in [3.05, 3.63) is 95.6 Å². The molecule has 6 heteroatoms. The molecule has 0 aliphatic carbocycles. The van der Waals surface area contributed by atoms with Crippen LogP contribution in [0.4, 0.5) is 10.5 Å². The summed E-state index contributed by atoms with van der Waals surface area (Å²) in [4.78, 5) is 29.6. The van der Waals surface area contributed by atoms with Crippen LogP contribution in [-0.2, 0) is 17.7 Å². The molecule has 182 valence electrons. The molecule has 1 unspecified atom stereocenters. The Balaban J connectivity index is 1.55. The highest BCUT2D eigenvalue weighted by Crippen LogP contribution is 2.29. The van der Waals surface area contributed by atoms with Crippen LogP contribution in [0.2, 0.25) is 0 Å². The van der Waals surface area contributed by atoms with E-state index in [1.165, 1.54) is 0 Å². The molecule has 0 spiro atoms. The number of benzene rings is 3. The Morgan fingerprint density at radius 1 is 0.914 bits per heavy atom. The first-order valence-electron chi connectivity index (χ1n) is 11.8. The van der Waals surface area contributed by atoms with Crippen molar-refractivity contribution in [2.24, 2.45) is 0 Å². The normalized spacial score (nSPS) is 15.9. The molecule has 1 atom stereocenters. The molecule has 1 fully saturated rings. The zero-order chi connectivity index (χ0) is 25.0. The number of rotatable bonds is 7. The van der Waals surface area contributed by atoms with Gasteiger partial charge in [0.2, 0.25) is 0 Å². The lowest BCUT2D eigenvalue weighted by Crippen LogP contribution is -2.36. The zero-order valence-electron chi connectivity index (χ0n) is 20.7. The number of carbonyl (C=O) groups excluding carboxylic acids is 2. The number of anilines is 1. The Morgan fingerprint density at radius 2 is 1.57 bits per heavy atom. The fourth-order valence-corrected chi connectivity index (χ4v) is 4.26. The predicted molar refractivity (Wildman–Crippen MR) is 137 cm³/mol. The van der Waals surface area contributed by atoms with Crippen molar-refractivity contribution >= 4 is 17.7 Å². The molecule has 1 heterocycles. The van der Waals surface area contributed by atoms with Crippen molar-refractivity contribution < 1.29 is 19.1 Å². The van der Waals surface area contributed by atoms with Gasteiger partial charge in [-0.15, -0.1) is 0 Å². The van der Waals surface area contributed by atoms with Crippen LogP contribution in [0.1, 0.15) is 42.3 Å². The summed E-state index contributed by atoms with van der Waals surface area (Å²) in [5.41, 5.74) is 2.96. The van der Waals surface area contributed by atoms with Gasteiger partial charge in [-0.25, -0.2) is 9.59 Å². The lowest BCUT2D eigenvalue weighted by molar-refractivity contribution is 0.00695. The largest absolute Gasteiger partial charge is 0.497 e. The average Bonchev–Trinajstić information content (AvgIpc) is 3.13. The molecule has 1 aliphatic rings. The summed E-state index contributed by atoms with van der Waals surface area (Å²) < 4.78 is 10.8. The van der Waals surface area contributed by atoms with E-state index in [4.69, 9.17) is 9.47 Å². The Morgan fingerprint density at radius 3 is 2.17 bits per heavy atom. The first-order valence-corrected chi connectivity index (χ1v) is 11.8. The van der Waals surface area contributed by atoms with Gasteiger partial charge in [-0.3, -0.25) is 4.90 Å². The van der Waals surface area contributed by atoms with E-state index in [9.17, 15) is 9.59 Å². The maximum absolute atomic E-state index is 13.5. The third-order valence-corrected chi connectivity index (χ3v) is 5.90. The molecule has 0 bridgehead atoms. The lowest BCUT2D eigenvalue weighted by atomic mass is 10.0. The smallest absolute Gasteiger partial charge is 0.338 e. The van der Waals surface area contributed by atoms with Crippen molar-refractivity contribution in [2.75, 3.05) is 18.6 Å². The molecule has 0 saturated carbocycles. The van der Waals surface area contributed by atoms with Crippen molar-refractivity contribution in [1.82, 2.24) is 4.90 Å². The number of carbonyl (C=O) groups is 2. The number of amides is 2. The summed E-state index contributed by atoms with van der Waals surface area (Å²) in [5.74, 6) is 0.407. The van der Waals surface area contributed by atoms with Crippen LogP contribution in [-0.4, -0.2) is 42.2 Å². The van der Waals surface area contributed by atoms with E-state index in [2.05, 4.69) is 0 Å². The third kappa shape index (κ3) is 6.01. The van der Waals surface area contributed by atoms with Gasteiger partial charge in [0.1, 0.15) is 11.4 Å². The van der Waals surface area contributed by atoms with Crippen LogP contribution in [0.3, 0.4) is 0 Å². The van der Waals surface area contributed by atoms with Crippen LogP contribution in [0.15, 0.2) is 78.9 Å². The molecule has 1 aliphatic heterocycles. The molecule has 0 radical (unpaired) electrons. The molecular formula is C29H32N2O4. The highest BCUT2D eigenvalue weighted by molar-refractivity contribution is 5.95. The van der Waals surface area contributed by atoms with Gasteiger partial charge in [0.15, 0.2) is 0 Å². The predicted octanol–water partition coefficient (Wildman–Crippen LogP) is 5.70. The van der Waals surface area contributed by atoms with E-state index >= 15 is 0 Å². The first kappa shape index (κ1) is 24.3. The Hall–Kier alpha value is -3.80. The van der Waals surface area contributed by atoms with Crippen molar-refractivity contribution in [3.8, 4) is 5.75 Å². The molecule has 3 aromatic rings. The lowest BCUT2D eigenvalue weighted by Gasteiger charge is -2.24. The van der Waals surface area contributed by atoms with Crippen LogP contribution in [0.25, 0.3) is 0 Å². The molecule has 1 saturated heterocycles. The summed E-state index contributed by atoms with van der Waals surface area (Å²) in [6, 6.07) is 25.0. The molecule has 3 aromatic carbocycles. The molecule has 2 amide bonds. The number of hydrogen-bond donors (Lipinski definition) is 0. The highest BCUT2D eigenvalue weighted by atomic mass is 16.6. The molecule has 0 N–H and O–H groups in total. The van der Waals surface area contributed by atoms with Gasteiger partial charge < -0.3 is 14.4 Å². The second-order valence-electron chi connectivity index (χ2n) is 9.77. The van der Waals surface area contributed by atoms with Gasteiger partial charge in [0.05, 0.1) is 18.7 Å². The van der Waals surface area contributed by atoms with E-state index in [-0.39, 0.29) is 18.0 Å². The molecular weight excluding hydrogens is 440 g/mol. The van der Waals surface area contributed by atoms with Gasteiger partial charge in [0, 0.05) is 18.8 Å².